The summed E-state index contributed by atoms with van der Waals surface area (Å²) in [6.45, 7) is 2.82. The first kappa shape index (κ1) is 14.8. The highest BCUT2D eigenvalue weighted by molar-refractivity contribution is 5.91. The van der Waals surface area contributed by atoms with Crippen molar-refractivity contribution in [2.45, 2.75) is 32.6 Å². The zero-order chi connectivity index (χ0) is 14.6. The Balaban J connectivity index is 1.85. The summed E-state index contributed by atoms with van der Waals surface area (Å²) in [6.07, 6.45) is 9.25. The highest BCUT2D eigenvalue weighted by Crippen LogP contribution is 2.43. The Morgan fingerprint density at radius 2 is 2.35 bits per heavy atom. The third kappa shape index (κ3) is 3.28. The number of aryl methyl sites for hydroxylation is 1. The van der Waals surface area contributed by atoms with Crippen molar-refractivity contribution in [2.24, 2.45) is 12.5 Å². The Hall–Kier alpha value is -1.62. The molecule has 0 atom stereocenters. The highest BCUT2D eigenvalue weighted by atomic mass is 16.3. The van der Waals surface area contributed by atoms with Gasteiger partial charge in [0.15, 0.2) is 0 Å². The summed E-state index contributed by atoms with van der Waals surface area (Å²) in [5, 5.41) is 16.2. The Labute approximate surface area is 119 Å². The van der Waals surface area contributed by atoms with Gasteiger partial charge >= 0.3 is 0 Å². The molecule has 1 fully saturated rings. The van der Waals surface area contributed by atoms with Gasteiger partial charge in [0, 0.05) is 37.5 Å². The molecule has 2 N–H and O–H groups in total. The fourth-order valence-corrected chi connectivity index (χ4v) is 2.61. The molecular weight excluding hydrogens is 254 g/mol. The van der Waals surface area contributed by atoms with E-state index in [1.165, 1.54) is 6.42 Å². The Morgan fingerprint density at radius 1 is 1.60 bits per heavy atom. The van der Waals surface area contributed by atoms with Crippen LogP contribution < -0.4 is 5.32 Å². The van der Waals surface area contributed by atoms with Crippen LogP contribution in [0.15, 0.2) is 12.3 Å². The van der Waals surface area contributed by atoms with Gasteiger partial charge in [-0.15, -0.1) is 0 Å². The van der Waals surface area contributed by atoms with Crippen molar-refractivity contribution in [1.82, 2.24) is 15.1 Å². The molecule has 0 saturated heterocycles. The lowest BCUT2D eigenvalue weighted by Gasteiger charge is -2.41. The van der Waals surface area contributed by atoms with E-state index >= 15 is 0 Å². The fourth-order valence-electron chi connectivity index (χ4n) is 2.61. The maximum Gasteiger partial charge on any atom is 0.244 e. The second-order valence-corrected chi connectivity index (χ2v) is 5.69. The van der Waals surface area contributed by atoms with Gasteiger partial charge in [0.2, 0.25) is 5.91 Å². The summed E-state index contributed by atoms with van der Waals surface area (Å²) in [7, 11) is 1.88. The van der Waals surface area contributed by atoms with Gasteiger partial charge in [0.05, 0.1) is 6.20 Å². The smallest absolute Gasteiger partial charge is 0.244 e. The number of nitrogens with one attached hydrogen (secondary N) is 1. The molecule has 20 heavy (non-hydrogen) atoms. The van der Waals surface area contributed by atoms with Gasteiger partial charge < -0.3 is 10.4 Å². The van der Waals surface area contributed by atoms with Crippen LogP contribution in [-0.2, 0) is 11.8 Å². The molecule has 0 aromatic carbocycles. The molecule has 1 saturated carbocycles. The first-order chi connectivity index (χ1) is 9.56. The predicted octanol–water partition coefficient (Wildman–Crippen LogP) is 1.41. The zero-order valence-corrected chi connectivity index (χ0v) is 12.2. The van der Waals surface area contributed by atoms with Crippen LogP contribution in [0, 0.1) is 12.3 Å². The van der Waals surface area contributed by atoms with Crippen LogP contribution in [-0.4, -0.2) is 33.9 Å². The number of aliphatic hydroxyl groups excluding tert-OH is 1. The van der Waals surface area contributed by atoms with Gasteiger partial charge in [-0.05, 0) is 37.7 Å². The van der Waals surface area contributed by atoms with Crippen molar-refractivity contribution < 1.29 is 9.90 Å². The predicted molar refractivity (Wildman–Crippen MR) is 78.0 cm³/mol. The minimum atomic E-state index is -0.0857. The Bertz CT molecular complexity index is 501. The molecule has 1 amide bonds. The van der Waals surface area contributed by atoms with Gasteiger partial charge in [0.1, 0.15) is 0 Å². The monoisotopic (exact) mass is 277 g/mol. The molecule has 5 heteroatoms. The normalized spacial score (nSPS) is 17.1. The Kier molecular flexibility index (Phi) is 4.60. The van der Waals surface area contributed by atoms with Crippen molar-refractivity contribution in [2.75, 3.05) is 13.2 Å². The van der Waals surface area contributed by atoms with E-state index in [9.17, 15) is 4.79 Å². The highest BCUT2D eigenvalue weighted by Gasteiger charge is 2.36. The zero-order valence-electron chi connectivity index (χ0n) is 12.2. The van der Waals surface area contributed by atoms with E-state index < -0.39 is 0 Å². The molecule has 0 aliphatic heterocycles. The van der Waals surface area contributed by atoms with Crippen LogP contribution in [0.5, 0.6) is 0 Å². The molecule has 1 aromatic heterocycles. The SMILES string of the molecule is Cc1c(/C=C/C(=O)NCC2(CCO)CCC2)cnn1C. The molecule has 0 spiro atoms. The number of hydrogen-bond donors (Lipinski definition) is 2. The largest absolute Gasteiger partial charge is 0.396 e. The van der Waals surface area contributed by atoms with E-state index in [0.717, 1.165) is 30.5 Å². The molecule has 1 aliphatic carbocycles. The van der Waals surface area contributed by atoms with Crippen molar-refractivity contribution >= 4 is 12.0 Å². The van der Waals surface area contributed by atoms with Crippen molar-refractivity contribution in [3.63, 3.8) is 0 Å². The number of aliphatic hydroxyl groups is 1. The molecule has 0 bridgehead atoms. The molecular formula is C15H23N3O2. The summed E-state index contributed by atoms with van der Waals surface area (Å²) in [5.74, 6) is -0.0857. The van der Waals surface area contributed by atoms with Crippen molar-refractivity contribution in [3.8, 4) is 0 Å². The molecule has 5 nitrogen and oxygen atoms in total. The number of carbonyl (C=O) groups excluding carboxylic acids is 1. The molecule has 1 aliphatic rings. The second kappa shape index (κ2) is 6.22. The van der Waals surface area contributed by atoms with Crippen molar-refractivity contribution in [1.29, 1.82) is 0 Å². The third-order valence-electron chi connectivity index (χ3n) is 4.38. The molecule has 1 heterocycles. The number of hydrogen-bond acceptors (Lipinski definition) is 3. The van der Waals surface area contributed by atoms with Crippen LogP contribution in [0.3, 0.4) is 0 Å². The minimum absolute atomic E-state index is 0.0857. The molecule has 110 valence electrons. The van der Waals surface area contributed by atoms with Gasteiger partial charge in [-0.1, -0.05) is 6.42 Å². The van der Waals surface area contributed by atoms with Crippen LogP contribution in [0.1, 0.15) is 36.9 Å². The van der Waals surface area contributed by atoms with Crippen LogP contribution in [0.4, 0.5) is 0 Å². The van der Waals surface area contributed by atoms with Gasteiger partial charge in [-0.3, -0.25) is 9.48 Å². The minimum Gasteiger partial charge on any atom is -0.396 e. The number of nitrogens with zero attached hydrogens (tertiary/aromatic N) is 2. The summed E-state index contributed by atoms with van der Waals surface area (Å²) >= 11 is 0. The first-order valence-corrected chi connectivity index (χ1v) is 7.12. The average molecular weight is 277 g/mol. The average Bonchev–Trinajstić information content (AvgIpc) is 2.70. The quantitative estimate of drug-likeness (QED) is 0.773. The summed E-state index contributed by atoms with van der Waals surface area (Å²) < 4.78 is 1.78. The summed E-state index contributed by atoms with van der Waals surface area (Å²) in [6, 6.07) is 0. The van der Waals surface area contributed by atoms with Gasteiger partial charge in [-0.25, -0.2) is 0 Å². The number of rotatable bonds is 6. The van der Waals surface area contributed by atoms with E-state index in [4.69, 9.17) is 5.11 Å². The fraction of sp³-hybridized carbons (Fsp3) is 0.600. The lowest BCUT2D eigenvalue weighted by molar-refractivity contribution is -0.117. The molecule has 0 radical (unpaired) electrons. The molecule has 2 rings (SSSR count). The number of carbonyl (C=O) groups is 1. The maximum absolute atomic E-state index is 11.8. The molecule has 0 unspecified atom stereocenters. The number of aromatic nitrogens is 2. The second-order valence-electron chi connectivity index (χ2n) is 5.69. The summed E-state index contributed by atoms with van der Waals surface area (Å²) in [5.41, 5.74) is 2.11. The molecule has 1 aromatic rings. The van der Waals surface area contributed by atoms with E-state index in [1.807, 2.05) is 14.0 Å². The maximum atomic E-state index is 11.8. The van der Waals surface area contributed by atoms with Gasteiger partial charge in [0.25, 0.3) is 0 Å². The lowest BCUT2D eigenvalue weighted by atomic mass is 9.67. The van der Waals surface area contributed by atoms with Crippen molar-refractivity contribution in [3.05, 3.63) is 23.5 Å². The van der Waals surface area contributed by atoms with Gasteiger partial charge in [-0.2, -0.15) is 5.10 Å². The summed E-state index contributed by atoms with van der Waals surface area (Å²) in [4.78, 5) is 11.8. The van der Waals surface area contributed by atoms with Crippen LogP contribution >= 0.6 is 0 Å². The van der Waals surface area contributed by atoms with Crippen LogP contribution in [0.25, 0.3) is 6.08 Å². The van der Waals surface area contributed by atoms with E-state index in [-0.39, 0.29) is 17.9 Å². The lowest BCUT2D eigenvalue weighted by Crippen LogP contribution is -2.42. The van der Waals surface area contributed by atoms with E-state index in [1.54, 1.807) is 23.0 Å². The third-order valence-corrected chi connectivity index (χ3v) is 4.38. The van der Waals surface area contributed by atoms with E-state index in [0.29, 0.717) is 6.54 Å². The Morgan fingerprint density at radius 3 is 2.85 bits per heavy atom. The topological polar surface area (TPSA) is 67.2 Å². The standard InChI is InChI=1S/C15H23N3O2/c1-12-13(10-17-18(12)2)4-5-14(20)16-11-15(8-9-19)6-3-7-15/h4-5,10,19H,3,6-9,11H2,1-2H3,(H,16,20)/b5-4+. The number of amides is 1. The van der Waals surface area contributed by atoms with Crippen LogP contribution in [0.2, 0.25) is 0 Å². The first-order valence-electron chi connectivity index (χ1n) is 7.12. The van der Waals surface area contributed by atoms with E-state index in [2.05, 4.69) is 10.4 Å².